The number of nitrogens with two attached hydrogens (primary N) is 1. The third kappa shape index (κ3) is 2.65. The van der Waals surface area contributed by atoms with Crippen molar-refractivity contribution in [3.05, 3.63) is 47.2 Å². The van der Waals surface area contributed by atoms with Gasteiger partial charge in [-0.25, -0.2) is 8.78 Å². The number of nitrogens with zero attached hydrogens (tertiary/aromatic N) is 2. The van der Waals surface area contributed by atoms with Crippen LogP contribution in [0.3, 0.4) is 0 Å². The molecule has 0 amide bonds. The quantitative estimate of drug-likeness (QED) is 0.876. The molecule has 0 bridgehead atoms. The van der Waals surface area contributed by atoms with Crippen molar-refractivity contribution in [1.29, 1.82) is 0 Å². The molecule has 6 heteroatoms. The van der Waals surface area contributed by atoms with E-state index in [1.807, 2.05) is 0 Å². The smallest absolute Gasteiger partial charge is 0.221 e. The van der Waals surface area contributed by atoms with E-state index in [0.717, 1.165) is 6.07 Å². The minimum Gasteiger partial charge on any atom is -0.425 e. The number of hydrogen-bond acceptors (Lipinski definition) is 4. The molecule has 0 saturated heterocycles. The molecule has 0 fully saturated rings. The van der Waals surface area contributed by atoms with Crippen LogP contribution < -0.4 is 5.73 Å². The summed E-state index contributed by atoms with van der Waals surface area (Å²) in [5.74, 6) is -1.12. The molecule has 0 unspecified atom stereocenters. The van der Waals surface area contributed by atoms with Gasteiger partial charge in [0.1, 0.15) is 0 Å². The monoisotopic (exact) mass is 239 g/mol. The van der Waals surface area contributed by atoms with Gasteiger partial charge in [-0.05, 0) is 6.07 Å². The lowest BCUT2D eigenvalue weighted by Crippen LogP contribution is -2.02. The van der Waals surface area contributed by atoms with Crippen LogP contribution in [0.15, 0.2) is 22.6 Å². The van der Waals surface area contributed by atoms with Crippen LogP contribution in [0.2, 0.25) is 0 Å². The second-order valence-electron chi connectivity index (χ2n) is 3.52. The number of hydrogen-bond donors (Lipinski definition) is 1. The van der Waals surface area contributed by atoms with Gasteiger partial charge < -0.3 is 10.2 Å². The van der Waals surface area contributed by atoms with Crippen molar-refractivity contribution in [2.24, 2.45) is 5.73 Å². The third-order valence-corrected chi connectivity index (χ3v) is 2.24. The van der Waals surface area contributed by atoms with E-state index >= 15 is 0 Å². The largest absolute Gasteiger partial charge is 0.425 e. The van der Waals surface area contributed by atoms with Crippen molar-refractivity contribution >= 4 is 0 Å². The summed E-state index contributed by atoms with van der Waals surface area (Å²) < 4.78 is 31.5. The lowest BCUT2D eigenvalue weighted by Gasteiger charge is -1.99. The lowest BCUT2D eigenvalue weighted by atomic mass is 10.1. The number of rotatable bonds is 4. The van der Waals surface area contributed by atoms with Crippen LogP contribution in [0.25, 0.3) is 0 Å². The van der Waals surface area contributed by atoms with Gasteiger partial charge in [0.25, 0.3) is 0 Å². The predicted octanol–water partition coefficient (Wildman–Crippen LogP) is 1.44. The van der Waals surface area contributed by atoms with Crippen molar-refractivity contribution in [1.82, 2.24) is 10.2 Å². The fraction of sp³-hybridized carbons (Fsp3) is 0.273. The molecule has 0 aliphatic carbocycles. The summed E-state index contributed by atoms with van der Waals surface area (Å²) in [6.07, 6.45) is 0.541. The molecule has 90 valence electrons. The lowest BCUT2D eigenvalue weighted by molar-refractivity contribution is 0.451. The van der Waals surface area contributed by atoms with Gasteiger partial charge in [0.2, 0.25) is 11.8 Å². The third-order valence-electron chi connectivity index (χ3n) is 2.24. The maximum atomic E-state index is 13.4. The summed E-state index contributed by atoms with van der Waals surface area (Å²) in [4.78, 5) is 0. The van der Waals surface area contributed by atoms with E-state index in [9.17, 15) is 8.78 Å². The van der Waals surface area contributed by atoms with Crippen molar-refractivity contribution < 1.29 is 13.2 Å². The van der Waals surface area contributed by atoms with E-state index in [1.165, 1.54) is 12.1 Å². The maximum Gasteiger partial charge on any atom is 0.221 e. The van der Waals surface area contributed by atoms with Crippen molar-refractivity contribution in [2.45, 2.75) is 12.8 Å². The van der Waals surface area contributed by atoms with Crippen LogP contribution in [0, 0.1) is 11.6 Å². The van der Waals surface area contributed by atoms with Crippen molar-refractivity contribution in [3.63, 3.8) is 0 Å². The first-order valence-corrected chi connectivity index (χ1v) is 5.15. The molecular weight excluding hydrogens is 228 g/mol. The normalized spacial score (nSPS) is 10.8. The van der Waals surface area contributed by atoms with Gasteiger partial charge in [-0.3, -0.25) is 0 Å². The minimum absolute atomic E-state index is 0.0706. The van der Waals surface area contributed by atoms with Gasteiger partial charge in [-0.15, -0.1) is 10.2 Å². The van der Waals surface area contributed by atoms with E-state index in [1.54, 1.807) is 0 Å². The van der Waals surface area contributed by atoms with Crippen LogP contribution in [0.1, 0.15) is 17.3 Å². The Morgan fingerprint density at radius 2 is 1.94 bits per heavy atom. The first kappa shape index (κ1) is 11.7. The predicted molar refractivity (Wildman–Crippen MR) is 56.2 cm³/mol. The van der Waals surface area contributed by atoms with Gasteiger partial charge in [-0.1, -0.05) is 12.1 Å². The Morgan fingerprint density at radius 3 is 2.71 bits per heavy atom. The molecule has 2 aromatic rings. The standard InChI is InChI=1S/C11H11F2N3O/c12-8-3-1-2-7(11(8)13)6-10-16-15-9(17-10)4-5-14/h1-3H,4-6,14H2. The van der Waals surface area contributed by atoms with E-state index in [2.05, 4.69) is 10.2 Å². The van der Waals surface area contributed by atoms with E-state index < -0.39 is 11.6 Å². The molecule has 4 nitrogen and oxygen atoms in total. The van der Waals surface area contributed by atoms with Gasteiger partial charge in [-0.2, -0.15) is 0 Å². The van der Waals surface area contributed by atoms with Gasteiger partial charge in [0, 0.05) is 18.5 Å². The van der Waals surface area contributed by atoms with Gasteiger partial charge in [0.15, 0.2) is 11.6 Å². The summed E-state index contributed by atoms with van der Waals surface area (Å²) in [5, 5.41) is 7.48. The fourth-order valence-electron chi connectivity index (χ4n) is 1.43. The zero-order chi connectivity index (χ0) is 12.3. The number of benzene rings is 1. The van der Waals surface area contributed by atoms with Gasteiger partial charge >= 0.3 is 0 Å². The second kappa shape index (κ2) is 5.01. The first-order chi connectivity index (χ1) is 8.20. The molecule has 0 atom stereocenters. The molecule has 0 spiro atoms. The molecular formula is C11H11F2N3O. The Kier molecular flexibility index (Phi) is 3.43. The molecule has 2 N–H and O–H groups in total. The molecule has 1 aromatic heterocycles. The molecule has 2 rings (SSSR count). The van der Waals surface area contributed by atoms with Crippen molar-refractivity contribution in [2.75, 3.05) is 6.54 Å². The van der Waals surface area contributed by atoms with Crippen LogP contribution in [-0.2, 0) is 12.8 Å². The molecule has 0 radical (unpaired) electrons. The summed E-state index contributed by atoms with van der Waals surface area (Å²) >= 11 is 0. The highest BCUT2D eigenvalue weighted by Gasteiger charge is 2.12. The number of halogens is 2. The first-order valence-electron chi connectivity index (χ1n) is 5.15. The molecule has 1 aromatic carbocycles. The van der Waals surface area contributed by atoms with E-state index in [-0.39, 0.29) is 17.9 Å². The highest BCUT2D eigenvalue weighted by Crippen LogP contribution is 2.15. The maximum absolute atomic E-state index is 13.4. The van der Waals surface area contributed by atoms with E-state index in [0.29, 0.717) is 18.9 Å². The average molecular weight is 239 g/mol. The number of aromatic nitrogens is 2. The Hall–Kier alpha value is -1.82. The van der Waals surface area contributed by atoms with E-state index in [4.69, 9.17) is 10.2 Å². The zero-order valence-corrected chi connectivity index (χ0v) is 8.99. The second-order valence-corrected chi connectivity index (χ2v) is 3.52. The topological polar surface area (TPSA) is 64.9 Å². The van der Waals surface area contributed by atoms with Crippen molar-refractivity contribution in [3.8, 4) is 0 Å². The summed E-state index contributed by atoms with van der Waals surface area (Å²) in [5.41, 5.74) is 5.52. The van der Waals surface area contributed by atoms with Crippen LogP contribution in [0.4, 0.5) is 8.78 Å². The fourth-order valence-corrected chi connectivity index (χ4v) is 1.43. The van der Waals surface area contributed by atoms with Crippen LogP contribution in [-0.4, -0.2) is 16.7 Å². The Labute approximate surface area is 96.5 Å². The van der Waals surface area contributed by atoms with Crippen LogP contribution >= 0.6 is 0 Å². The summed E-state index contributed by atoms with van der Waals surface area (Å²) in [6.45, 7) is 0.399. The highest BCUT2D eigenvalue weighted by atomic mass is 19.2. The molecule has 1 heterocycles. The summed E-state index contributed by atoms with van der Waals surface area (Å²) in [6, 6.07) is 3.97. The molecule has 0 saturated carbocycles. The average Bonchev–Trinajstić information content (AvgIpc) is 2.73. The minimum atomic E-state index is -0.885. The molecule has 17 heavy (non-hydrogen) atoms. The van der Waals surface area contributed by atoms with Crippen LogP contribution in [0.5, 0.6) is 0 Å². The zero-order valence-electron chi connectivity index (χ0n) is 8.99. The Morgan fingerprint density at radius 1 is 1.18 bits per heavy atom. The molecule has 0 aliphatic heterocycles. The molecule has 0 aliphatic rings. The Balaban J connectivity index is 2.16. The SMILES string of the molecule is NCCc1nnc(Cc2cccc(F)c2F)o1. The summed E-state index contributed by atoms with van der Waals surface area (Å²) in [7, 11) is 0. The highest BCUT2D eigenvalue weighted by molar-refractivity contribution is 5.21. The van der Waals surface area contributed by atoms with Gasteiger partial charge in [0.05, 0.1) is 6.42 Å². The Bertz CT molecular complexity index is 513.